The molecule has 1 atom stereocenters. The highest BCUT2D eigenvalue weighted by Crippen LogP contribution is 2.26. The fourth-order valence-electron chi connectivity index (χ4n) is 2.37. The standard InChI is InChI=1S/C18H19Cl2N3O2S/c1-23(9-12-6-7-13(19)8-14(12)20)10-18(25)22-15-4-2-3-5-16(15)26-11-17(21)24/h2-8H,9-11H2,1H3,(H2,21,24)(H,22,25)/p+1. The zero-order valence-electron chi connectivity index (χ0n) is 14.2. The number of likely N-dealkylation sites (N-methyl/N-ethyl adjacent to an activating group) is 1. The largest absolute Gasteiger partial charge is 0.369 e. The van der Waals surface area contributed by atoms with Crippen LogP contribution in [-0.2, 0) is 16.1 Å². The van der Waals surface area contributed by atoms with Crippen LogP contribution in [0.3, 0.4) is 0 Å². The number of amides is 2. The molecule has 0 heterocycles. The molecule has 8 heteroatoms. The van der Waals surface area contributed by atoms with Crippen LogP contribution in [-0.4, -0.2) is 31.2 Å². The van der Waals surface area contributed by atoms with Crippen LogP contribution in [0.2, 0.25) is 10.0 Å². The number of primary amides is 1. The van der Waals surface area contributed by atoms with Gasteiger partial charge in [0.1, 0.15) is 6.54 Å². The third kappa shape index (κ3) is 6.53. The van der Waals surface area contributed by atoms with Crippen molar-refractivity contribution in [3.05, 3.63) is 58.1 Å². The number of thioether (sulfide) groups is 1. The maximum absolute atomic E-state index is 12.4. The van der Waals surface area contributed by atoms with Crippen LogP contribution < -0.4 is 16.0 Å². The van der Waals surface area contributed by atoms with E-state index < -0.39 is 5.91 Å². The second kappa shape index (κ2) is 9.83. The Balaban J connectivity index is 1.94. The molecule has 0 aliphatic rings. The van der Waals surface area contributed by atoms with Crippen molar-refractivity contribution in [3.63, 3.8) is 0 Å². The Kier molecular flexibility index (Phi) is 7.78. The third-order valence-corrected chi connectivity index (χ3v) is 5.18. The first kappa shape index (κ1) is 20.6. The van der Waals surface area contributed by atoms with Gasteiger partial charge in [-0.15, -0.1) is 11.8 Å². The molecule has 0 fully saturated rings. The highest BCUT2D eigenvalue weighted by atomic mass is 35.5. The number of halogens is 2. The summed E-state index contributed by atoms with van der Waals surface area (Å²) in [6.07, 6.45) is 0. The number of hydrogen-bond donors (Lipinski definition) is 3. The first-order chi connectivity index (χ1) is 12.3. The second-order valence-electron chi connectivity index (χ2n) is 5.85. The van der Waals surface area contributed by atoms with Gasteiger partial charge in [-0.2, -0.15) is 0 Å². The Bertz CT molecular complexity index is 802. The highest BCUT2D eigenvalue weighted by Gasteiger charge is 2.14. The fourth-order valence-corrected chi connectivity index (χ4v) is 3.59. The molecule has 0 aliphatic carbocycles. The van der Waals surface area contributed by atoms with Crippen LogP contribution in [0.4, 0.5) is 5.69 Å². The van der Waals surface area contributed by atoms with Gasteiger partial charge in [-0.05, 0) is 24.3 Å². The summed E-state index contributed by atoms with van der Waals surface area (Å²) in [6, 6.07) is 12.6. The number of benzene rings is 2. The predicted octanol–water partition coefficient (Wildman–Crippen LogP) is 2.22. The molecule has 2 aromatic carbocycles. The average molecular weight is 413 g/mol. The molecule has 0 spiro atoms. The van der Waals surface area contributed by atoms with Crippen LogP contribution in [0, 0.1) is 0 Å². The van der Waals surface area contributed by atoms with E-state index in [0.717, 1.165) is 15.4 Å². The lowest BCUT2D eigenvalue weighted by Crippen LogP contribution is -3.08. The number of nitrogens with two attached hydrogens (primary N) is 1. The SMILES string of the molecule is C[NH+](CC(=O)Nc1ccccc1SCC(N)=O)Cc1ccc(Cl)cc1Cl. The molecule has 2 amide bonds. The maximum atomic E-state index is 12.4. The highest BCUT2D eigenvalue weighted by molar-refractivity contribution is 8.00. The van der Waals surface area contributed by atoms with E-state index in [1.54, 1.807) is 18.2 Å². The molecular formula is C18H20Cl2N3O2S+. The summed E-state index contributed by atoms with van der Waals surface area (Å²) >= 11 is 13.4. The summed E-state index contributed by atoms with van der Waals surface area (Å²) < 4.78 is 0. The van der Waals surface area contributed by atoms with Crippen molar-refractivity contribution in [1.29, 1.82) is 0 Å². The molecule has 2 aromatic rings. The van der Waals surface area contributed by atoms with Gasteiger partial charge in [0.05, 0.1) is 23.5 Å². The molecule has 0 bridgehead atoms. The summed E-state index contributed by atoms with van der Waals surface area (Å²) in [4.78, 5) is 25.1. The van der Waals surface area contributed by atoms with Crippen molar-refractivity contribution in [2.24, 2.45) is 5.73 Å². The maximum Gasteiger partial charge on any atom is 0.279 e. The second-order valence-corrected chi connectivity index (χ2v) is 7.71. The van der Waals surface area contributed by atoms with Crippen molar-refractivity contribution < 1.29 is 14.5 Å². The first-order valence-electron chi connectivity index (χ1n) is 7.90. The molecule has 0 saturated heterocycles. The number of nitrogens with one attached hydrogen (secondary N) is 2. The van der Waals surface area contributed by atoms with Gasteiger partial charge < -0.3 is 16.0 Å². The van der Waals surface area contributed by atoms with E-state index in [2.05, 4.69) is 5.32 Å². The molecule has 1 unspecified atom stereocenters. The van der Waals surface area contributed by atoms with Gasteiger partial charge in [0.15, 0.2) is 6.54 Å². The molecule has 2 rings (SSSR count). The van der Waals surface area contributed by atoms with Gasteiger partial charge in [-0.25, -0.2) is 0 Å². The van der Waals surface area contributed by atoms with E-state index >= 15 is 0 Å². The lowest BCUT2D eigenvalue weighted by molar-refractivity contribution is -0.885. The lowest BCUT2D eigenvalue weighted by Gasteiger charge is -2.16. The van der Waals surface area contributed by atoms with E-state index in [0.29, 0.717) is 22.3 Å². The van der Waals surface area contributed by atoms with Crippen LogP contribution in [0.15, 0.2) is 47.4 Å². The van der Waals surface area contributed by atoms with Crippen LogP contribution >= 0.6 is 35.0 Å². The number of carbonyl (C=O) groups is 2. The van der Waals surface area contributed by atoms with Crippen molar-refractivity contribution in [2.45, 2.75) is 11.4 Å². The summed E-state index contributed by atoms with van der Waals surface area (Å²) in [5, 5.41) is 4.06. The average Bonchev–Trinajstić information content (AvgIpc) is 2.56. The van der Waals surface area contributed by atoms with E-state index in [1.807, 2.05) is 31.3 Å². The van der Waals surface area contributed by atoms with Crippen LogP contribution in [0.1, 0.15) is 5.56 Å². The smallest absolute Gasteiger partial charge is 0.279 e. The van der Waals surface area contributed by atoms with Gasteiger partial charge >= 0.3 is 0 Å². The van der Waals surface area contributed by atoms with E-state index in [-0.39, 0.29) is 18.2 Å². The monoisotopic (exact) mass is 412 g/mol. The van der Waals surface area contributed by atoms with Gasteiger partial charge in [0, 0.05) is 15.5 Å². The Morgan fingerprint density at radius 3 is 2.62 bits per heavy atom. The minimum Gasteiger partial charge on any atom is -0.369 e. The Morgan fingerprint density at radius 1 is 1.19 bits per heavy atom. The normalized spacial score (nSPS) is 11.8. The summed E-state index contributed by atoms with van der Waals surface area (Å²) in [5.74, 6) is -0.368. The van der Waals surface area contributed by atoms with Crippen molar-refractivity contribution in [2.75, 3.05) is 24.7 Å². The van der Waals surface area contributed by atoms with Crippen LogP contribution in [0.25, 0.3) is 0 Å². The molecule has 138 valence electrons. The molecule has 0 aliphatic heterocycles. The number of carbonyl (C=O) groups excluding carboxylic acids is 2. The molecule has 26 heavy (non-hydrogen) atoms. The minimum atomic E-state index is -0.403. The topological polar surface area (TPSA) is 76.6 Å². The number of anilines is 1. The number of hydrogen-bond acceptors (Lipinski definition) is 3. The molecule has 0 radical (unpaired) electrons. The van der Waals surface area contributed by atoms with Crippen molar-refractivity contribution in [3.8, 4) is 0 Å². The summed E-state index contributed by atoms with van der Waals surface area (Å²) in [6.45, 7) is 0.870. The number of rotatable bonds is 8. The quantitative estimate of drug-likeness (QED) is 0.581. The molecule has 4 N–H and O–H groups in total. The molecular weight excluding hydrogens is 393 g/mol. The Morgan fingerprint density at radius 2 is 1.92 bits per heavy atom. The first-order valence-corrected chi connectivity index (χ1v) is 9.64. The zero-order valence-corrected chi connectivity index (χ0v) is 16.5. The van der Waals surface area contributed by atoms with Crippen LogP contribution in [0.5, 0.6) is 0 Å². The molecule has 0 aromatic heterocycles. The third-order valence-electron chi connectivity index (χ3n) is 3.50. The minimum absolute atomic E-state index is 0.125. The predicted molar refractivity (Wildman–Crippen MR) is 107 cm³/mol. The van der Waals surface area contributed by atoms with Gasteiger partial charge in [-0.1, -0.05) is 41.4 Å². The number of quaternary nitrogens is 1. The van der Waals surface area contributed by atoms with E-state index in [1.165, 1.54) is 11.8 Å². The van der Waals surface area contributed by atoms with Crippen molar-refractivity contribution in [1.82, 2.24) is 0 Å². The van der Waals surface area contributed by atoms with E-state index in [4.69, 9.17) is 28.9 Å². The number of para-hydroxylation sites is 1. The van der Waals surface area contributed by atoms with Gasteiger partial charge in [0.25, 0.3) is 5.91 Å². The van der Waals surface area contributed by atoms with Gasteiger partial charge in [0.2, 0.25) is 5.91 Å². The zero-order chi connectivity index (χ0) is 19.1. The van der Waals surface area contributed by atoms with E-state index in [9.17, 15) is 9.59 Å². The summed E-state index contributed by atoms with van der Waals surface area (Å²) in [7, 11) is 1.91. The fraction of sp³-hybridized carbons (Fsp3) is 0.222. The molecule has 0 saturated carbocycles. The van der Waals surface area contributed by atoms with Gasteiger partial charge in [-0.3, -0.25) is 9.59 Å². The Labute approximate surface area is 166 Å². The van der Waals surface area contributed by atoms with Crippen molar-refractivity contribution >= 4 is 52.5 Å². The summed E-state index contributed by atoms with van der Waals surface area (Å²) in [5.41, 5.74) is 6.78. The Hall–Kier alpha value is -1.73. The molecule has 5 nitrogen and oxygen atoms in total. The lowest BCUT2D eigenvalue weighted by atomic mass is 10.2.